The van der Waals surface area contributed by atoms with Crippen LogP contribution in [0, 0.1) is 0 Å². The number of carbonyl (C=O) groups excluding carboxylic acids is 2. The van der Waals surface area contributed by atoms with Crippen molar-refractivity contribution in [2.45, 2.75) is 38.4 Å². The Morgan fingerprint density at radius 2 is 1.74 bits per heavy atom. The maximum atomic E-state index is 12.8. The monoisotopic (exact) mass is 459 g/mol. The molecule has 5 nitrogen and oxygen atoms in total. The first kappa shape index (κ1) is 23.6. The van der Waals surface area contributed by atoms with Crippen molar-refractivity contribution in [3.05, 3.63) is 70.2 Å². The molecule has 3 rings (SSSR count). The zero-order valence-corrected chi connectivity index (χ0v) is 19.5. The normalized spacial score (nSPS) is 14.9. The van der Waals surface area contributed by atoms with Crippen LogP contribution in [0.15, 0.2) is 48.5 Å². The third kappa shape index (κ3) is 7.27. The molecular formula is C24H30ClN3O2S. The number of hydrogen-bond acceptors (Lipinski definition) is 4. The highest BCUT2D eigenvalue weighted by Gasteiger charge is 2.22. The molecule has 0 bridgehead atoms. The number of halogens is 1. The molecule has 7 heteroatoms. The average molecular weight is 460 g/mol. The molecule has 1 aliphatic heterocycles. The molecule has 0 aliphatic carbocycles. The van der Waals surface area contributed by atoms with Crippen molar-refractivity contribution in [1.29, 1.82) is 0 Å². The van der Waals surface area contributed by atoms with Crippen LogP contribution in [0.1, 0.15) is 40.7 Å². The minimum absolute atomic E-state index is 0.185. The summed E-state index contributed by atoms with van der Waals surface area (Å²) in [6.45, 7) is 3.77. The van der Waals surface area contributed by atoms with E-state index in [0.29, 0.717) is 23.6 Å². The van der Waals surface area contributed by atoms with Crippen molar-refractivity contribution in [1.82, 2.24) is 15.5 Å². The van der Waals surface area contributed by atoms with Crippen molar-refractivity contribution >= 4 is 35.2 Å². The lowest BCUT2D eigenvalue weighted by Gasteiger charge is -2.19. The second-order valence-electron chi connectivity index (χ2n) is 7.80. The fourth-order valence-corrected chi connectivity index (χ4v) is 4.35. The third-order valence-electron chi connectivity index (χ3n) is 5.45. The summed E-state index contributed by atoms with van der Waals surface area (Å²) in [6, 6.07) is 14.6. The van der Waals surface area contributed by atoms with E-state index in [0.717, 1.165) is 17.9 Å². The molecule has 0 radical (unpaired) electrons. The summed E-state index contributed by atoms with van der Waals surface area (Å²) < 4.78 is 0. The van der Waals surface area contributed by atoms with Crippen LogP contribution >= 0.6 is 23.4 Å². The fraction of sp³-hybridized carbons (Fsp3) is 0.417. The van der Waals surface area contributed by atoms with Crippen molar-refractivity contribution in [2.75, 3.05) is 25.1 Å². The number of benzene rings is 2. The number of amides is 2. The van der Waals surface area contributed by atoms with Crippen molar-refractivity contribution in [3.8, 4) is 0 Å². The van der Waals surface area contributed by atoms with Gasteiger partial charge in [-0.05, 0) is 67.6 Å². The van der Waals surface area contributed by atoms with E-state index in [9.17, 15) is 9.59 Å². The van der Waals surface area contributed by atoms with Crippen LogP contribution in [0.5, 0.6) is 0 Å². The van der Waals surface area contributed by atoms with Crippen molar-refractivity contribution in [2.24, 2.45) is 0 Å². The van der Waals surface area contributed by atoms with Crippen molar-refractivity contribution in [3.63, 3.8) is 0 Å². The maximum absolute atomic E-state index is 12.8. The van der Waals surface area contributed by atoms with Gasteiger partial charge in [0.15, 0.2) is 0 Å². The lowest BCUT2D eigenvalue weighted by molar-refractivity contribution is -0.123. The number of nitrogens with zero attached hydrogens (tertiary/aromatic N) is 1. The highest BCUT2D eigenvalue weighted by atomic mass is 35.5. The Kier molecular flexibility index (Phi) is 9.25. The number of hydrogen-bond donors (Lipinski definition) is 2. The van der Waals surface area contributed by atoms with E-state index in [1.54, 1.807) is 36.0 Å². The first-order chi connectivity index (χ1) is 15.1. The summed E-state index contributed by atoms with van der Waals surface area (Å²) in [7, 11) is 0. The number of nitrogens with one attached hydrogen (secondary N) is 2. The SMILES string of the molecule is CSCCC(NC(=O)c1ccccc1Cl)C(=O)NCc1ccc(CN2CCCC2)cc1. The molecule has 0 spiro atoms. The molecule has 2 aromatic carbocycles. The van der Waals surface area contributed by atoms with Gasteiger partial charge in [-0.15, -0.1) is 0 Å². The minimum Gasteiger partial charge on any atom is -0.350 e. The highest BCUT2D eigenvalue weighted by molar-refractivity contribution is 7.98. The Morgan fingerprint density at radius 3 is 2.42 bits per heavy atom. The summed E-state index contributed by atoms with van der Waals surface area (Å²) in [5, 5.41) is 6.18. The van der Waals surface area contributed by atoms with Gasteiger partial charge in [0, 0.05) is 13.1 Å². The van der Waals surface area contributed by atoms with E-state index in [1.807, 2.05) is 6.26 Å². The number of likely N-dealkylation sites (tertiary alicyclic amines) is 1. The smallest absolute Gasteiger partial charge is 0.253 e. The van der Waals surface area contributed by atoms with E-state index in [1.165, 1.54) is 31.5 Å². The fourth-order valence-electron chi connectivity index (χ4n) is 3.66. The van der Waals surface area contributed by atoms with Gasteiger partial charge >= 0.3 is 0 Å². The topological polar surface area (TPSA) is 61.4 Å². The standard InChI is InChI=1S/C24H30ClN3O2S/c1-31-15-12-22(27-23(29)20-6-2-3-7-21(20)25)24(30)26-16-18-8-10-19(11-9-18)17-28-13-4-5-14-28/h2-3,6-11,22H,4-5,12-17H2,1H3,(H,26,30)(H,27,29). The van der Waals surface area contributed by atoms with Gasteiger partial charge < -0.3 is 10.6 Å². The van der Waals surface area contributed by atoms with Gasteiger partial charge in [-0.1, -0.05) is 48.0 Å². The van der Waals surface area contributed by atoms with E-state index in [-0.39, 0.29) is 11.8 Å². The van der Waals surface area contributed by atoms with Gasteiger partial charge in [-0.3, -0.25) is 14.5 Å². The molecule has 0 aromatic heterocycles. The number of thioether (sulfide) groups is 1. The summed E-state index contributed by atoms with van der Waals surface area (Å²) in [4.78, 5) is 27.9. The van der Waals surface area contributed by atoms with Crippen LogP contribution in [0.4, 0.5) is 0 Å². The Labute approximate surface area is 193 Å². The Morgan fingerprint density at radius 1 is 1.06 bits per heavy atom. The van der Waals surface area contributed by atoms with Gasteiger partial charge in [-0.25, -0.2) is 0 Å². The van der Waals surface area contributed by atoms with Crippen LogP contribution in [0.25, 0.3) is 0 Å². The van der Waals surface area contributed by atoms with Crippen LogP contribution in [0.3, 0.4) is 0 Å². The quantitative estimate of drug-likeness (QED) is 0.561. The van der Waals surface area contributed by atoms with Crippen molar-refractivity contribution < 1.29 is 9.59 Å². The van der Waals surface area contributed by atoms with Gasteiger partial charge in [0.05, 0.1) is 10.6 Å². The van der Waals surface area contributed by atoms with Crippen LogP contribution < -0.4 is 10.6 Å². The molecule has 2 amide bonds. The number of rotatable bonds is 10. The molecule has 2 N–H and O–H groups in total. The van der Waals surface area contributed by atoms with E-state index < -0.39 is 6.04 Å². The van der Waals surface area contributed by atoms with Gasteiger partial charge in [0.1, 0.15) is 6.04 Å². The molecule has 1 aliphatic rings. The molecule has 1 saturated heterocycles. The molecule has 1 unspecified atom stereocenters. The first-order valence-electron chi connectivity index (χ1n) is 10.7. The molecule has 2 aromatic rings. The summed E-state index contributed by atoms with van der Waals surface area (Å²) in [6.07, 6.45) is 5.11. The third-order valence-corrected chi connectivity index (χ3v) is 6.42. The van der Waals surface area contributed by atoms with Crippen LogP contribution in [-0.4, -0.2) is 47.9 Å². The Hall–Kier alpha value is -2.02. The molecule has 1 atom stereocenters. The Bertz CT molecular complexity index is 869. The van der Waals surface area contributed by atoms with Crippen LogP contribution in [-0.2, 0) is 17.9 Å². The highest BCUT2D eigenvalue weighted by Crippen LogP contribution is 2.16. The molecule has 31 heavy (non-hydrogen) atoms. The van der Waals surface area contributed by atoms with E-state index in [4.69, 9.17) is 11.6 Å². The van der Waals surface area contributed by atoms with Gasteiger partial charge in [0.2, 0.25) is 5.91 Å². The summed E-state index contributed by atoms with van der Waals surface area (Å²) in [5.41, 5.74) is 2.71. The molecular weight excluding hydrogens is 430 g/mol. The number of carbonyl (C=O) groups is 2. The summed E-state index contributed by atoms with van der Waals surface area (Å²) >= 11 is 7.77. The largest absolute Gasteiger partial charge is 0.350 e. The zero-order valence-electron chi connectivity index (χ0n) is 17.9. The van der Waals surface area contributed by atoms with Gasteiger partial charge in [0.25, 0.3) is 5.91 Å². The predicted octanol–water partition coefficient (Wildman–Crippen LogP) is 4.10. The zero-order chi connectivity index (χ0) is 22.1. The lowest BCUT2D eigenvalue weighted by atomic mass is 10.1. The Balaban J connectivity index is 1.54. The van der Waals surface area contributed by atoms with E-state index >= 15 is 0 Å². The van der Waals surface area contributed by atoms with E-state index in [2.05, 4.69) is 39.8 Å². The molecule has 1 fully saturated rings. The minimum atomic E-state index is -0.606. The first-order valence-corrected chi connectivity index (χ1v) is 12.5. The maximum Gasteiger partial charge on any atom is 0.253 e. The molecule has 166 valence electrons. The predicted molar refractivity (Wildman–Crippen MR) is 129 cm³/mol. The summed E-state index contributed by atoms with van der Waals surface area (Å²) in [5.74, 6) is 0.250. The second kappa shape index (κ2) is 12.1. The molecule has 0 saturated carbocycles. The second-order valence-corrected chi connectivity index (χ2v) is 9.20. The average Bonchev–Trinajstić information content (AvgIpc) is 3.29. The molecule has 1 heterocycles. The van der Waals surface area contributed by atoms with Crippen LogP contribution in [0.2, 0.25) is 5.02 Å². The van der Waals surface area contributed by atoms with Gasteiger partial charge in [-0.2, -0.15) is 11.8 Å². The lowest BCUT2D eigenvalue weighted by Crippen LogP contribution is -2.47.